The standard InChI is InChI=1S/C18H21Cl2N3O3/c1-10(14-6-5-13(19)7-16(14)20)21-17(24)9-26-18(25)8-15-11(2)22-23(4)12(15)3/h5-7,10H,8-9H2,1-4H3,(H,21,24). The molecule has 0 radical (unpaired) electrons. The summed E-state index contributed by atoms with van der Waals surface area (Å²) in [5.41, 5.74) is 3.23. The van der Waals surface area contributed by atoms with Gasteiger partial charge in [-0.2, -0.15) is 5.10 Å². The predicted molar refractivity (Wildman–Crippen MR) is 100 cm³/mol. The Labute approximate surface area is 162 Å². The molecule has 1 aromatic heterocycles. The van der Waals surface area contributed by atoms with Crippen LogP contribution in [0.3, 0.4) is 0 Å². The van der Waals surface area contributed by atoms with E-state index in [1.807, 2.05) is 20.9 Å². The first-order valence-corrected chi connectivity index (χ1v) is 8.83. The van der Waals surface area contributed by atoms with Gasteiger partial charge in [-0.05, 0) is 38.5 Å². The van der Waals surface area contributed by atoms with Crippen molar-refractivity contribution in [1.29, 1.82) is 0 Å². The van der Waals surface area contributed by atoms with Gasteiger partial charge in [0.1, 0.15) is 0 Å². The van der Waals surface area contributed by atoms with Gasteiger partial charge in [0.15, 0.2) is 6.61 Å². The lowest BCUT2D eigenvalue weighted by Crippen LogP contribution is -2.31. The second kappa shape index (κ2) is 8.56. The van der Waals surface area contributed by atoms with Gasteiger partial charge in [0.25, 0.3) is 5.91 Å². The molecule has 1 aromatic carbocycles. The van der Waals surface area contributed by atoms with Crippen LogP contribution in [0.25, 0.3) is 0 Å². The van der Waals surface area contributed by atoms with Crippen LogP contribution in [0.15, 0.2) is 18.2 Å². The molecule has 0 aliphatic rings. The molecule has 2 aromatic rings. The Morgan fingerprint density at radius 3 is 2.58 bits per heavy atom. The number of benzene rings is 1. The van der Waals surface area contributed by atoms with Gasteiger partial charge < -0.3 is 10.1 Å². The van der Waals surface area contributed by atoms with Crippen LogP contribution in [0.4, 0.5) is 0 Å². The minimum Gasteiger partial charge on any atom is -0.455 e. The second-order valence-electron chi connectivity index (χ2n) is 6.07. The molecule has 1 amide bonds. The van der Waals surface area contributed by atoms with Crippen LogP contribution in [0, 0.1) is 13.8 Å². The number of aromatic nitrogens is 2. The van der Waals surface area contributed by atoms with E-state index in [9.17, 15) is 9.59 Å². The summed E-state index contributed by atoms with van der Waals surface area (Å²) in [5, 5.41) is 7.98. The number of nitrogens with zero attached hydrogens (tertiary/aromatic N) is 2. The van der Waals surface area contributed by atoms with Gasteiger partial charge >= 0.3 is 5.97 Å². The van der Waals surface area contributed by atoms with Crippen LogP contribution in [0.2, 0.25) is 10.0 Å². The van der Waals surface area contributed by atoms with Gasteiger partial charge in [-0.1, -0.05) is 29.3 Å². The molecule has 0 fully saturated rings. The number of hydrogen-bond donors (Lipinski definition) is 1. The molecule has 8 heteroatoms. The van der Waals surface area contributed by atoms with E-state index in [2.05, 4.69) is 10.4 Å². The zero-order chi connectivity index (χ0) is 19.4. The number of nitrogens with one attached hydrogen (secondary N) is 1. The average Bonchev–Trinajstić information content (AvgIpc) is 2.79. The second-order valence-corrected chi connectivity index (χ2v) is 6.91. The zero-order valence-corrected chi connectivity index (χ0v) is 16.6. The van der Waals surface area contributed by atoms with Crippen molar-refractivity contribution in [2.24, 2.45) is 7.05 Å². The summed E-state index contributed by atoms with van der Waals surface area (Å²) in [6.07, 6.45) is 0.0807. The zero-order valence-electron chi connectivity index (χ0n) is 15.1. The molecule has 140 valence electrons. The highest BCUT2D eigenvalue weighted by Crippen LogP contribution is 2.26. The lowest BCUT2D eigenvalue weighted by atomic mass is 10.1. The van der Waals surface area contributed by atoms with Crippen molar-refractivity contribution >= 4 is 35.1 Å². The van der Waals surface area contributed by atoms with E-state index in [4.69, 9.17) is 27.9 Å². The minimum atomic E-state index is -0.475. The Hall–Kier alpha value is -2.05. The summed E-state index contributed by atoms with van der Waals surface area (Å²) < 4.78 is 6.78. The number of hydrogen-bond acceptors (Lipinski definition) is 4. The maximum absolute atomic E-state index is 12.0. The minimum absolute atomic E-state index is 0.0807. The van der Waals surface area contributed by atoms with Crippen LogP contribution in [-0.2, 0) is 27.8 Å². The van der Waals surface area contributed by atoms with E-state index < -0.39 is 11.9 Å². The third-order valence-corrected chi connectivity index (χ3v) is 4.71. The SMILES string of the molecule is Cc1nn(C)c(C)c1CC(=O)OCC(=O)NC(C)c1ccc(Cl)cc1Cl. The quantitative estimate of drug-likeness (QED) is 0.758. The maximum atomic E-state index is 12.0. The van der Waals surface area contributed by atoms with E-state index in [0.29, 0.717) is 10.0 Å². The molecule has 0 bridgehead atoms. The number of halogens is 2. The highest BCUT2D eigenvalue weighted by Gasteiger charge is 2.17. The molecule has 2 rings (SSSR count). The van der Waals surface area contributed by atoms with Gasteiger partial charge in [0, 0.05) is 28.4 Å². The normalized spacial score (nSPS) is 11.9. The molecule has 0 saturated heterocycles. The number of amides is 1. The van der Waals surface area contributed by atoms with Gasteiger partial charge in [0.05, 0.1) is 18.2 Å². The van der Waals surface area contributed by atoms with Crippen molar-refractivity contribution in [2.75, 3.05) is 6.61 Å². The Morgan fingerprint density at radius 1 is 1.31 bits per heavy atom. The molecule has 1 heterocycles. The van der Waals surface area contributed by atoms with Crippen LogP contribution in [-0.4, -0.2) is 28.3 Å². The van der Waals surface area contributed by atoms with Gasteiger partial charge in [-0.15, -0.1) is 0 Å². The Morgan fingerprint density at radius 2 is 2.00 bits per heavy atom. The van der Waals surface area contributed by atoms with Crippen LogP contribution in [0.1, 0.15) is 35.5 Å². The number of carbonyl (C=O) groups is 2. The van der Waals surface area contributed by atoms with Crippen molar-refractivity contribution in [3.63, 3.8) is 0 Å². The highest BCUT2D eigenvalue weighted by atomic mass is 35.5. The number of carbonyl (C=O) groups excluding carboxylic acids is 2. The molecule has 0 aliphatic carbocycles. The first kappa shape index (κ1) is 20.3. The van der Waals surface area contributed by atoms with E-state index in [1.165, 1.54) is 0 Å². The third kappa shape index (κ3) is 4.99. The summed E-state index contributed by atoms with van der Waals surface area (Å²) >= 11 is 12.0. The monoisotopic (exact) mass is 397 g/mol. The molecule has 0 saturated carbocycles. The molecule has 6 nitrogen and oxygen atoms in total. The van der Waals surface area contributed by atoms with Crippen LogP contribution in [0.5, 0.6) is 0 Å². The van der Waals surface area contributed by atoms with Crippen molar-refractivity contribution in [2.45, 2.75) is 33.2 Å². The molecule has 1 atom stereocenters. The van der Waals surface area contributed by atoms with E-state index in [0.717, 1.165) is 22.5 Å². The molecular formula is C18H21Cl2N3O3. The fourth-order valence-electron chi connectivity index (χ4n) is 2.63. The largest absolute Gasteiger partial charge is 0.455 e. The lowest BCUT2D eigenvalue weighted by Gasteiger charge is -2.16. The summed E-state index contributed by atoms with van der Waals surface area (Å²) in [4.78, 5) is 24.0. The van der Waals surface area contributed by atoms with Gasteiger partial charge in [-0.3, -0.25) is 14.3 Å². The number of aryl methyl sites for hydroxylation is 2. The Balaban J connectivity index is 1.87. The third-order valence-electron chi connectivity index (χ3n) is 4.15. The fourth-order valence-corrected chi connectivity index (χ4v) is 3.20. The van der Waals surface area contributed by atoms with E-state index >= 15 is 0 Å². The average molecular weight is 398 g/mol. The van der Waals surface area contributed by atoms with Crippen molar-refractivity contribution in [1.82, 2.24) is 15.1 Å². The van der Waals surface area contributed by atoms with Crippen molar-refractivity contribution in [3.8, 4) is 0 Å². The van der Waals surface area contributed by atoms with E-state index in [-0.39, 0.29) is 19.1 Å². The smallest absolute Gasteiger partial charge is 0.310 e. The van der Waals surface area contributed by atoms with E-state index in [1.54, 1.807) is 29.8 Å². The van der Waals surface area contributed by atoms with Crippen molar-refractivity contribution in [3.05, 3.63) is 50.8 Å². The Bertz CT molecular complexity index is 833. The molecule has 0 spiro atoms. The topological polar surface area (TPSA) is 73.2 Å². The molecule has 26 heavy (non-hydrogen) atoms. The maximum Gasteiger partial charge on any atom is 0.310 e. The molecule has 1 N–H and O–H groups in total. The molecule has 1 unspecified atom stereocenters. The lowest BCUT2D eigenvalue weighted by molar-refractivity contribution is -0.148. The summed E-state index contributed by atoms with van der Waals surface area (Å²) in [6, 6.07) is 4.72. The van der Waals surface area contributed by atoms with Gasteiger partial charge in [0.2, 0.25) is 0 Å². The summed E-state index contributed by atoms with van der Waals surface area (Å²) in [6.45, 7) is 5.15. The number of rotatable bonds is 6. The predicted octanol–water partition coefficient (Wildman–Crippen LogP) is 3.31. The summed E-state index contributed by atoms with van der Waals surface area (Å²) in [5.74, 6) is -0.881. The van der Waals surface area contributed by atoms with Gasteiger partial charge in [-0.25, -0.2) is 0 Å². The fraction of sp³-hybridized carbons (Fsp3) is 0.389. The highest BCUT2D eigenvalue weighted by molar-refractivity contribution is 6.35. The van der Waals surface area contributed by atoms with Crippen LogP contribution < -0.4 is 5.32 Å². The number of esters is 1. The summed E-state index contributed by atoms with van der Waals surface area (Å²) in [7, 11) is 1.81. The Kier molecular flexibility index (Phi) is 6.67. The van der Waals surface area contributed by atoms with Crippen LogP contribution >= 0.6 is 23.2 Å². The first-order chi connectivity index (χ1) is 12.2. The molecular weight excluding hydrogens is 377 g/mol. The number of ether oxygens (including phenoxy) is 1. The first-order valence-electron chi connectivity index (χ1n) is 8.08. The molecule has 0 aliphatic heterocycles. The van der Waals surface area contributed by atoms with Crippen molar-refractivity contribution < 1.29 is 14.3 Å².